The zero-order valence-electron chi connectivity index (χ0n) is 10.6. The molecule has 0 spiro atoms. The molecular formula is C12H18F2IN3. The number of aliphatic imine (C=N–C) groups is 1. The van der Waals surface area contributed by atoms with Gasteiger partial charge in [0.05, 0.1) is 0 Å². The fourth-order valence-electron chi connectivity index (χ4n) is 1.33. The van der Waals surface area contributed by atoms with Crippen LogP contribution in [0.3, 0.4) is 0 Å². The quantitative estimate of drug-likeness (QED) is 0.488. The Balaban J connectivity index is 0.00000289. The van der Waals surface area contributed by atoms with E-state index in [1.807, 2.05) is 13.8 Å². The largest absolute Gasteiger partial charge is 0.354 e. The Labute approximate surface area is 123 Å². The lowest BCUT2D eigenvalue weighted by Crippen LogP contribution is -2.40. The first-order chi connectivity index (χ1) is 8.02. The van der Waals surface area contributed by atoms with E-state index in [-0.39, 0.29) is 42.1 Å². The second-order valence-corrected chi connectivity index (χ2v) is 3.96. The summed E-state index contributed by atoms with van der Waals surface area (Å²) in [5.41, 5.74) is 0.275. The molecule has 102 valence electrons. The van der Waals surface area contributed by atoms with Gasteiger partial charge in [-0.1, -0.05) is 0 Å². The summed E-state index contributed by atoms with van der Waals surface area (Å²) < 4.78 is 26.2. The van der Waals surface area contributed by atoms with Gasteiger partial charge >= 0.3 is 0 Å². The van der Waals surface area contributed by atoms with Gasteiger partial charge in [-0.15, -0.1) is 24.0 Å². The summed E-state index contributed by atoms with van der Waals surface area (Å²) in [5, 5.41) is 5.97. The van der Waals surface area contributed by atoms with E-state index in [0.717, 1.165) is 12.1 Å². The van der Waals surface area contributed by atoms with Crippen molar-refractivity contribution in [2.24, 2.45) is 4.99 Å². The van der Waals surface area contributed by atoms with Crippen molar-refractivity contribution in [2.75, 3.05) is 7.05 Å². The summed E-state index contributed by atoms with van der Waals surface area (Å²) in [4.78, 5) is 3.97. The number of halogens is 3. The predicted octanol–water partition coefficient (Wildman–Crippen LogP) is 2.66. The molecule has 0 atom stereocenters. The third-order valence-corrected chi connectivity index (χ3v) is 2.10. The summed E-state index contributed by atoms with van der Waals surface area (Å²) in [6.07, 6.45) is 0. The first kappa shape index (κ1) is 17.1. The van der Waals surface area contributed by atoms with Gasteiger partial charge in [-0.05, 0) is 32.0 Å². The van der Waals surface area contributed by atoms with E-state index < -0.39 is 11.6 Å². The Morgan fingerprint density at radius 2 is 2.00 bits per heavy atom. The standard InChI is InChI=1S/C12H17F2N3.HI/c1-8(2)17-12(15-3)16-7-9-6-10(13)4-5-11(9)14;/h4-6,8H,7H2,1-3H3,(H2,15,16,17);1H. The maximum Gasteiger partial charge on any atom is 0.191 e. The molecule has 0 radical (unpaired) electrons. The minimum absolute atomic E-state index is 0. The van der Waals surface area contributed by atoms with Gasteiger partial charge in [0.1, 0.15) is 11.6 Å². The van der Waals surface area contributed by atoms with E-state index in [0.29, 0.717) is 5.96 Å². The zero-order chi connectivity index (χ0) is 12.8. The summed E-state index contributed by atoms with van der Waals surface area (Å²) >= 11 is 0. The highest BCUT2D eigenvalue weighted by Gasteiger charge is 2.05. The lowest BCUT2D eigenvalue weighted by molar-refractivity contribution is 0.580. The van der Waals surface area contributed by atoms with Crippen LogP contribution in [0, 0.1) is 11.6 Å². The molecule has 1 aromatic carbocycles. The fraction of sp³-hybridized carbons (Fsp3) is 0.417. The fourth-order valence-corrected chi connectivity index (χ4v) is 1.33. The Morgan fingerprint density at radius 1 is 1.33 bits per heavy atom. The summed E-state index contributed by atoms with van der Waals surface area (Å²) in [6.45, 7) is 4.13. The third kappa shape index (κ3) is 5.61. The number of hydrogen-bond donors (Lipinski definition) is 2. The molecule has 1 rings (SSSR count). The van der Waals surface area contributed by atoms with E-state index in [1.54, 1.807) is 7.05 Å². The van der Waals surface area contributed by atoms with Gasteiger partial charge in [-0.25, -0.2) is 8.78 Å². The molecule has 2 N–H and O–H groups in total. The zero-order valence-corrected chi connectivity index (χ0v) is 13.0. The lowest BCUT2D eigenvalue weighted by Gasteiger charge is -2.14. The summed E-state index contributed by atoms with van der Waals surface area (Å²) in [5.74, 6) is -0.322. The molecule has 6 heteroatoms. The normalized spacial score (nSPS) is 11.1. The highest BCUT2D eigenvalue weighted by atomic mass is 127. The van der Waals surface area contributed by atoms with E-state index in [4.69, 9.17) is 0 Å². The Bertz CT molecular complexity index is 408. The minimum atomic E-state index is -0.449. The molecule has 3 nitrogen and oxygen atoms in total. The lowest BCUT2D eigenvalue weighted by atomic mass is 10.2. The third-order valence-electron chi connectivity index (χ3n) is 2.10. The first-order valence-electron chi connectivity index (χ1n) is 5.44. The SMILES string of the molecule is CN=C(NCc1cc(F)ccc1F)NC(C)C.I. The molecule has 18 heavy (non-hydrogen) atoms. The second-order valence-electron chi connectivity index (χ2n) is 3.96. The smallest absolute Gasteiger partial charge is 0.191 e. The number of nitrogens with zero attached hydrogens (tertiary/aromatic N) is 1. The van der Waals surface area contributed by atoms with Crippen LogP contribution in [0.25, 0.3) is 0 Å². The van der Waals surface area contributed by atoms with Gasteiger partial charge in [-0.2, -0.15) is 0 Å². The minimum Gasteiger partial charge on any atom is -0.354 e. The van der Waals surface area contributed by atoms with E-state index in [1.165, 1.54) is 6.07 Å². The Hall–Kier alpha value is -0.920. The van der Waals surface area contributed by atoms with Crippen molar-refractivity contribution in [3.8, 4) is 0 Å². The van der Waals surface area contributed by atoms with Gasteiger partial charge in [0.25, 0.3) is 0 Å². The summed E-state index contributed by atoms with van der Waals surface area (Å²) in [7, 11) is 1.62. The number of nitrogens with one attached hydrogen (secondary N) is 2. The molecule has 0 saturated carbocycles. The molecule has 0 aromatic heterocycles. The monoisotopic (exact) mass is 369 g/mol. The van der Waals surface area contributed by atoms with E-state index >= 15 is 0 Å². The van der Waals surface area contributed by atoms with Crippen molar-refractivity contribution in [1.29, 1.82) is 0 Å². The topological polar surface area (TPSA) is 36.4 Å². The molecular weight excluding hydrogens is 351 g/mol. The molecule has 0 saturated heterocycles. The van der Waals surface area contributed by atoms with Crippen LogP contribution in [-0.2, 0) is 6.54 Å². The molecule has 0 amide bonds. The van der Waals surface area contributed by atoms with Crippen molar-refractivity contribution in [3.05, 3.63) is 35.4 Å². The molecule has 0 unspecified atom stereocenters. The van der Waals surface area contributed by atoms with E-state index in [2.05, 4.69) is 15.6 Å². The van der Waals surface area contributed by atoms with Crippen molar-refractivity contribution in [1.82, 2.24) is 10.6 Å². The Kier molecular flexibility index (Phi) is 7.81. The van der Waals surface area contributed by atoms with Crippen molar-refractivity contribution in [3.63, 3.8) is 0 Å². The maximum absolute atomic E-state index is 13.3. The Morgan fingerprint density at radius 3 is 2.56 bits per heavy atom. The average molecular weight is 369 g/mol. The molecule has 1 aromatic rings. The van der Waals surface area contributed by atoms with Crippen LogP contribution < -0.4 is 10.6 Å². The number of rotatable bonds is 3. The van der Waals surface area contributed by atoms with Crippen LogP contribution in [0.1, 0.15) is 19.4 Å². The molecule has 0 bridgehead atoms. The highest BCUT2D eigenvalue weighted by Crippen LogP contribution is 2.08. The molecule has 0 aliphatic carbocycles. The van der Waals surface area contributed by atoms with Crippen molar-refractivity contribution < 1.29 is 8.78 Å². The van der Waals surface area contributed by atoms with E-state index in [9.17, 15) is 8.78 Å². The van der Waals surface area contributed by atoms with Crippen LogP contribution in [-0.4, -0.2) is 19.0 Å². The average Bonchev–Trinajstić information content (AvgIpc) is 2.28. The molecule has 0 heterocycles. The predicted molar refractivity (Wildman–Crippen MR) is 80.2 cm³/mol. The van der Waals surface area contributed by atoms with Crippen molar-refractivity contribution >= 4 is 29.9 Å². The molecule has 0 aliphatic heterocycles. The molecule has 0 aliphatic rings. The van der Waals surface area contributed by atoms with Crippen molar-refractivity contribution in [2.45, 2.75) is 26.4 Å². The second kappa shape index (κ2) is 8.23. The molecule has 0 fully saturated rings. The van der Waals surface area contributed by atoms with Gasteiger partial charge in [-0.3, -0.25) is 4.99 Å². The number of benzene rings is 1. The van der Waals surface area contributed by atoms with Crippen LogP contribution in [0.15, 0.2) is 23.2 Å². The van der Waals surface area contributed by atoms with Gasteiger partial charge in [0.15, 0.2) is 5.96 Å². The van der Waals surface area contributed by atoms with Crippen LogP contribution in [0.5, 0.6) is 0 Å². The van der Waals surface area contributed by atoms with Gasteiger partial charge in [0, 0.05) is 25.2 Å². The van der Waals surface area contributed by atoms with Gasteiger partial charge < -0.3 is 10.6 Å². The van der Waals surface area contributed by atoms with Gasteiger partial charge in [0.2, 0.25) is 0 Å². The van der Waals surface area contributed by atoms with Crippen LogP contribution >= 0.6 is 24.0 Å². The van der Waals surface area contributed by atoms with Crippen LogP contribution in [0.2, 0.25) is 0 Å². The number of hydrogen-bond acceptors (Lipinski definition) is 1. The summed E-state index contributed by atoms with van der Waals surface area (Å²) in [6, 6.07) is 3.61. The van der Waals surface area contributed by atoms with Crippen LogP contribution in [0.4, 0.5) is 8.78 Å². The first-order valence-corrected chi connectivity index (χ1v) is 5.44. The highest BCUT2D eigenvalue weighted by molar-refractivity contribution is 14.0. The maximum atomic E-state index is 13.3. The number of guanidine groups is 1.